The average molecular weight is 328 g/mol. The smallest absolute Gasteiger partial charge is 0.326 e. The van der Waals surface area contributed by atoms with Gasteiger partial charge in [-0.1, -0.05) is 31.1 Å². The Morgan fingerprint density at radius 3 is 2.88 bits per heavy atom. The summed E-state index contributed by atoms with van der Waals surface area (Å²) in [5, 5.41) is 4.23. The van der Waals surface area contributed by atoms with Crippen molar-refractivity contribution in [3.05, 3.63) is 52.7 Å². The van der Waals surface area contributed by atoms with Crippen LogP contribution in [0.4, 0.5) is 0 Å². The third-order valence-electron chi connectivity index (χ3n) is 3.39. The maximum Gasteiger partial charge on any atom is 0.326 e. The molecule has 0 radical (unpaired) electrons. The maximum atomic E-state index is 12.3. The van der Waals surface area contributed by atoms with E-state index in [-0.39, 0.29) is 30.5 Å². The number of carbonyl (C=O) groups is 1. The normalized spacial score (nSPS) is 11.1. The Hall–Kier alpha value is -3.03. The van der Waals surface area contributed by atoms with Gasteiger partial charge in [0.25, 0.3) is 11.4 Å². The van der Waals surface area contributed by atoms with Crippen LogP contribution in [-0.2, 0) is 22.7 Å². The van der Waals surface area contributed by atoms with E-state index in [0.29, 0.717) is 16.7 Å². The van der Waals surface area contributed by atoms with Crippen LogP contribution < -0.4 is 5.56 Å². The number of rotatable bonds is 5. The lowest BCUT2D eigenvalue weighted by atomic mass is 10.2. The largest absolute Gasteiger partial charge is 0.454 e. The number of nitrogens with zero attached hydrogens (tertiary/aromatic N) is 4. The molecule has 2 heterocycles. The minimum Gasteiger partial charge on any atom is -0.454 e. The van der Waals surface area contributed by atoms with E-state index in [1.54, 1.807) is 24.3 Å². The highest BCUT2D eigenvalue weighted by Crippen LogP contribution is 2.10. The SMILES string of the molecule is CC(C)c1noc(COC(=O)Cn2cnc3ccccc3c2=O)n1. The van der Waals surface area contributed by atoms with Gasteiger partial charge in [0.15, 0.2) is 12.4 Å². The van der Waals surface area contributed by atoms with Crippen LogP contribution >= 0.6 is 0 Å². The minimum atomic E-state index is -0.585. The van der Waals surface area contributed by atoms with Gasteiger partial charge in [0.2, 0.25) is 0 Å². The Bertz CT molecular complexity index is 929. The molecule has 0 saturated heterocycles. The van der Waals surface area contributed by atoms with E-state index in [4.69, 9.17) is 9.26 Å². The van der Waals surface area contributed by atoms with Gasteiger partial charge < -0.3 is 9.26 Å². The molecule has 124 valence electrons. The van der Waals surface area contributed by atoms with Gasteiger partial charge in [-0.05, 0) is 12.1 Å². The summed E-state index contributed by atoms with van der Waals surface area (Å²) in [5.41, 5.74) is 0.289. The van der Waals surface area contributed by atoms with Gasteiger partial charge in [0.1, 0.15) is 6.54 Å². The second-order valence-electron chi connectivity index (χ2n) is 5.56. The standard InChI is InChI=1S/C16H16N4O4/c1-10(2)15-18-13(24-19-15)8-23-14(21)7-20-9-17-12-6-4-3-5-11(12)16(20)22/h3-6,9-10H,7-8H2,1-2H3. The summed E-state index contributed by atoms with van der Waals surface area (Å²) in [4.78, 5) is 32.5. The first-order valence-corrected chi connectivity index (χ1v) is 7.47. The summed E-state index contributed by atoms with van der Waals surface area (Å²) in [6.07, 6.45) is 1.33. The van der Waals surface area contributed by atoms with Gasteiger partial charge in [0.05, 0.1) is 17.2 Å². The summed E-state index contributed by atoms with van der Waals surface area (Å²) >= 11 is 0. The maximum absolute atomic E-state index is 12.3. The number of para-hydroxylation sites is 1. The molecule has 0 unspecified atom stereocenters. The second-order valence-corrected chi connectivity index (χ2v) is 5.56. The molecule has 0 aliphatic carbocycles. The summed E-state index contributed by atoms with van der Waals surface area (Å²) < 4.78 is 11.3. The molecule has 0 bridgehead atoms. The molecule has 0 amide bonds. The number of hydrogen-bond acceptors (Lipinski definition) is 7. The predicted octanol–water partition coefficient (Wildman–Crippen LogP) is 1.65. The minimum absolute atomic E-state index is 0.125. The Morgan fingerprint density at radius 2 is 2.12 bits per heavy atom. The Balaban J connectivity index is 1.66. The van der Waals surface area contributed by atoms with E-state index >= 15 is 0 Å². The summed E-state index contributed by atoms with van der Waals surface area (Å²) in [5.74, 6) is 0.311. The highest BCUT2D eigenvalue weighted by atomic mass is 16.6. The van der Waals surface area contributed by atoms with Crippen LogP contribution in [0.15, 0.2) is 39.9 Å². The van der Waals surface area contributed by atoms with Crippen LogP contribution in [0.3, 0.4) is 0 Å². The average Bonchev–Trinajstić information content (AvgIpc) is 3.05. The van der Waals surface area contributed by atoms with Crippen molar-refractivity contribution in [2.24, 2.45) is 0 Å². The molecular formula is C16H16N4O4. The quantitative estimate of drug-likeness (QED) is 0.656. The summed E-state index contributed by atoms with van der Waals surface area (Å²) in [6.45, 7) is 3.50. The number of esters is 1. The molecule has 0 atom stereocenters. The topological polar surface area (TPSA) is 100 Å². The van der Waals surface area contributed by atoms with E-state index in [1.807, 2.05) is 13.8 Å². The molecule has 0 aliphatic rings. The Morgan fingerprint density at radius 1 is 1.33 bits per heavy atom. The zero-order valence-electron chi connectivity index (χ0n) is 13.3. The molecule has 2 aromatic heterocycles. The van der Waals surface area contributed by atoms with Gasteiger partial charge in [0, 0.05) is 5.92 Å². The van der Waals surface area contributed by atoms with Crippen LogP contribution in [0.1, 0.15) is 31.5 Å². The fraction of sp³-hybridized carbons (Fsp3) is 0.312. The van der Waals surface area contributed by atoms with Crippen molar-refractivity contribution in [2.45, 2.75) is 32.9 Å². The van der Waals surface area contributed by atoms with E-state index < -0.39 is 5.97 Å². The first-order valence-electron chi connectivity index (χ1n) is 7.47. The Kier molecular flexibility index (Phi) is 4.37. The third kappa shape index (κ3) is 3.32. The van der Waals surface area contributed by atoms with Crippen molar-refractivity contribution in [3.8, 4) is 0 Å². The highest BCUT2D eigenvalue weighted by molar-refractivity contribution is 5.77. The van der Waals surface area contributed by atoms with E-state index in [1.165, 1.54) is 10.9 Å². The van der Waals surface area contributed by atoms with Crippen LogP contribution in [-0.4, -0.2) is 25.7 Å². The zero-order valence-corrected chi connectivity index (χ0v) is 13.3. The molecule has 3 aromatic rings. The number of benzene rings is 1. The van der Waals surface area contributed by atoms with Crippen molar-refractivity contribution < 1.29 is 14.1 Å². The fourth-order valence-corrected chi connectivity index (χ4v) is 2.11. The molecule has 8 heteroatoms. The fourth-order valence-electron chi connectivity index (χ4n) is 2.11. The monoisotopic (exact) mass is 328 g/mol. The van der Waals surface area contributed by atoms with Crippen LogP contribution in [0.5, 0.6) is 0 Å². The first kappa shape index (κ1) is 15.9. The van der Waals surface area contributed by atoms with Gasteiger partial charge in [-0.2, -0.15) is 4.98 Å². The highest BCUT2D eigenvalue weighted by Gasteiger charge is 2.13. The van der Waals surface area contributed by atoms with Crippen molar-refractivity contribution in [1.29, 1.82) is 0 Å². The number of ether oxygens (including phenoxy) is 1. The molecule has 0 aliphatic heterocycles. The van der Waals surface area contributed by atoms with Gasteiger partial charge in [-0.15, -0.1) is 0 Å². The van der Waals surface area contributed by atoms with E-state index in [0.717, 1.165) is 0 Å². The molecule has 0 fully saturated rings. The number of aromatic nitrogens is 4. The zero-order chi connectivity index (χ0) is 17.1. The predicted molar refractivity (Wildman–Crippen MR) is 84.2 cm³/mol. The molecule has 24 heavy (non-hydrogen) atoms. The van der Waals surface area contributed by atoms with Crippen molar-refractivity contribution in [3.63, 3.8) is 0 Å². The molecule has 8 nitrogen and oxygen atoms in total. The van der Waals surface area contributed by atoms with Crippen LogP contribution in [0.2, 0.25) is 0 Å². The number of fused-ring (bicyclic) bond motifs is 1. The lowest BCUT2D eigenvalue weighted by Crippen LogP contribution is -2.25. The Labute approximate surface area is 137 Å². The molecule has 1 aromatic carbocycles. The molecule has 3 rings (SSSR count). The van der Waals surface area contributed by atoms with Crippen molar-refractivity contribution >= 4 is 16.9 Å². The summed E-state index contributed by atoms with van der Waals surface area (Å²) in [6, 6.07) is 6.94. The van der Waals surface area contributed by atoms with Gasteiger partial charge in [-0.25, -0.2) is 4.98 Å². The molecule has 0 N–H and O–H groups in total. The van der Waals surface area contributed by atoms with Gasteiger partial charge >= 0.3 is 5.97 Å². The van der Waals surface area contributed by atoms with Crippen LogP contribution in [0, 0.1) is 0 Å². The molecular weight excluding hydrogens is 312 g/mol. The lowest BCUT2D eigenvalue weighted by Gasteiger charge is -2.06. The van der Waals surface area contributed by atoms with Crippen molar-refractivity contribution in [2.75, 3.05) is 0 Å². The third-order valence-corrected chi connectivity index (χ3v) is 3.39. The lowest BCUT2D eigenvalue weighted by molar-refractivity contribution is -0.146. The second kappa shape index (κ2) is 6.61. The number of carbonyl (C=O) groups excluding carboxylic acids is 1. The van der Waals surface area contributed by atoms with E-state index in [2.05, 4.69) is 15.1 Å². The molecule has 0 spiro atoms. The summed E-state index contributed by atoms with van der Waals surface area (Å²) in [7, 11) is 0. The molecule has 0 saturated carbocycles. The van der Waals surface area contributed by atoms with E-state index in [9.17, 15) is 9.59 Å². The first-order chi connectivity index (χ1) is 11.5. The van der Waals surface area contributed by atoms with Crippen LogP contribution in [0.25, 0.3) is 10.9 Å². The number of hydrogen-bond donors (Lipinski definition) is 0. The van der Waals surface area contributed by atoms with Gasteiger partial charge in [-0.3, -0.25) is 14.2 Å². The van der Waals surface area contributed by atoms with Crippen molar-refractivity contribution in [1.82, 2.24) is 19.7 Å².